The van der Waals surface area contributed by atoms with Crippen LogP contribution in [0.3, 0.4) is 0 Å². The highest BCUT2D eigenvalue weighted by atomic mass is 32.2. The first-order valence-corrected chi connectivity index (χ1v) is 8.87. The molecule has 1 aliphatic rings. The van der Waals surface area contributed by atoms with Gasteiger partial charge in [0.1, 0.15) is 5.25 Å². The number of cyclic esters (lactones) is 2. The lowest BCUT2D eigenvalue weighted by Gasteiger charge is -2.23. The van der Waals surface area contributed by atoms with Crippen LogP contribution >= 0.6 is 11.8 Å². The topological polar surface area (TPSA) is 61.8 Å². The van der Waals surface area contributed by atoms with Gasteiger partial charge in [0, 0.05) is 4.90 Å². The summed E-state index contributed by atoms with van der Waals surface area (Å²) in [5, 5.41) is -0.723. The average Bonchev–Trinajstić information content (AvgIpc) is 3.03. The second-order valence-electron chi connectivity index (χ2n) is 5.39. The van der Waals surface area contributed by atoms with Crippen molar-refractivity contribution >= 4 is 23.9 Å². The van der Waals surface area contributed by atoms with Crippen molar-refractivity contribution in [3.63, 3.8) is 0 Å². The van der Waals surface area contributed by atoms with Gasteiger partial charge in [0.25, 0.3) is 0 Å². The molecule has 1 heterocycles. The number of thioether (sulfide) groups is 1. The lowest BCUT2D eigenvalue weighted by atomic mass is 10.0. The van der Waals surface area contributed by atoms with Gasteiger partial charge in [-0.2, -0.15) is 0 Å². The van der Waals surface area contributed by atoms with Crippen LogP contribution in [0.1, 0.15) is 18.6 Å². The second kappa shape index (κ2) is 8.07. The molecule has 0 saturated carbocycles. The molecular weight excluding hydrogens is 340 g/mol. The number of carbonyl (C=O) groups excluding carboxylic acids is 2. The van der Waals surface area contributed by atoms with Crippen molar-refractivity contribution in [2.75, 3.05) is 6.61 Å². The number of hydrogen-bond acceptors (Lipinski definition) is 6. The van der Waals surface area contributed by atoms with Crippen LogP contribution in [0.25, 0.3) is 0 Å². The van der Waals surface area contributed by atoms with E-state index in [-0.39, 0.29) is 6.61 Å². The Labute approximate surface area is 150 Å². The summed E-state index contributed by atoms with van der Waals surface area (Å²) in [6, 6.07) is 18.7. The summed E-state index contributed by atoms with van der Waals surface area (Å²) in [6.07, 6.45) is -2.19. The van der Waals surface area contributed by atoms with Gasteiger partial charge in [-0.3, -0.25) is 4.79 Å². The number of ether oxygens (including phenoxy) is 3. The highest BCUT2D eigenvalue weighted by Gasteiger charge is 2.47. The molecular formula is C19H18O5S. The average molecular weight is 358 g/mol. The van der Waals surface area contributed by atoms with Crippen LogP contribution < -0.4 is 0 Å². The number of esters is 1. The van der Waals surface area contributed by atoms with Crippen LogP contribution in [0.4, 0.5) is 4.79 Å². The van der Waals surface area contributed by atoms with E-state index in [1.165, 1.54) is 11.8 Å². The largest absolute Gasteiger partial charge is 0.509 e. The number of hydrogen-bond donors (Lipinski definition) is 0. The van der Waals surface area contributed by atoms with E-state index < -0.39 is 29.6 Å². The maximum atomic E-state index is 12.5. The highest BCUT2D eigenvalue weighted by Crippen LogP contribution is 2.39. The van der Waals surface area contributed by atoms with Crippen molar-refractivity contribution in [3.05, 3.63) is 66.2 Å². The molecule has 3 atom stereocenters. The Morgan fingerprint density at radius 2 is 1.72 bits per heavy atom. The summed E-state index contributed by atoms with van der Waals surface area (Å²) in [5.41, 5.74) is 0.779. The molecule has 1 fully saturated rings. The third kappa shape index (κ3) is 4.14. The molecule has 0 spiro atoms. The van der Waals surface area contributed by atoms with Crippen LogP contribution in [0.2, 0.25) is 0 Å². The Morgan fingerprint density at radius 3 is 2.36 bits per heavy atom. The predicted octanol–water partition coefficient (Wildman–Crippen LogP) is 3.99. The molecule has 0 aliphatic carbocycles. The fraction of sp³-hybridized carbons (Fsp3) is 0.263. The molecule has 0 aromatic heterocycles. The fourth-order valence-corrected chi connectivity index (χ4v) is 3.72. The van der Waals surface area contributed by atoms with E-state index in [1.807, 2.05) is 60.7 Å². The molecule has 0 N–H and O–H groups in total. The molecule has 3 rings (SSSR count). The Kier molecular flexibility index (Phi) is 5.60. The first-order valence-electron chi connectivity index (χ1n) is 7.99. The van der Waals surface area contributed by atoms with Gasteiger partial charge in [-0.1, -0.05) is 48.5 Å². The minimum atomic E-state index is -0.776. The summed E-state index contributed by atoms with van der Waals surface area (Å²) < 4.78 is 15.9. The van der Waals surface area contributed by atoms with E-state index in [0.717, 1.165) is 10.5 Å². The van der Waals surface area contributed by atoms with E-state index in [9.17, 15) is 9.59 Å². The smallest absolute Gasteiger partial charge is 0.465 e. The maximum absolute atomic E-state index is 12.5. The van der Waals surface area contributed by atoms with Gasteiger partial charge in [-0.25, -0.2) is 4.79 Å². The third-order valence-electron chi connectivity index (χ3n) is 3.71. The summed E-state index contributed by atoms with van der Waals surface area (Å²) in [6.45, 7) is 2.00. The zero-order chi connectivity index (χ0) is 17.6. The molecule has 25 heavy (non-hydrogen) atoms. The molecule has 0 radical (unpaired) electrons. The number of carbonyl (C=O) groups is 2. The first-order chi connectivity index (χ1) is 12.2. The SMILES string of the molecule is CCOC(=O)[C@@H](Sc1ccccc1)[C@H]1OC(=O)O[C@H]1c1ccccc1. The van der Waals surface area contributed by atoms with Gasteiger partial charge in [0.15, 0.2) is 12.2 Å². The minimum Gasteiger partial charge on any atom is -0.465 e. The van der Waals surface area contributed by atoms with E-state index in [2.05, 4.69) is 0 Å². The number of rotatable bonds is 6. The Bertz CT molecular complexity index is 719. The van der Waals surface area contributed by atoms with Crippen LogP contribution in [0, 0.1) is 0 Å². The zero-order valence-electron chi connectivity index (χ0n) is 13.7. The monoisotopic (exact) mass is 358 g/mol. The van der Waals surface area contributed by atoms with Crippen molar-refractivity contribution in [1.82, 2.24) is 0 Å². The predicted molar refractivity (Wildman–Crippen MR) is 93.3 cm³/mol. The molecule has 1 aliphatic heterocycles. The lowest BCUT2D eigenvalue weighted by Crippen LogP contribution is -2.36. The molecule has 6 heteroatoms. The van der Waals surface area contributed by atoms with Gasteiger partial charge >= 0.3 is 12.1 Å². The van der Waals surface area contributed by atoms with E-state index in [1.54, 1.807) is 6.92 Å². The van der Waals surface area contributed by atoms with Crippen LogP contribution in [-0.2, 0) is 19.0 Å². The summed E-state index contributed by atoms with van der Waals surface area (Å²) in [4.78, 5) is 25.2. The second-order valence-corrected chi connectivity index (χ2v) is 6.60. The van der Waals surface area contributed by atoms with E-state index in [4.69, 9.17) is 14.2 Å². The number of benzene rings is 2. The molecule has 2 aromatic rings. The first kappa shape index (κ1) is 17.4. The van der Waals surface area contributed by atoms with E-state index >= 15 is 0 Å². The van der Waals surface area contributed by atoms with Crippen LogP contribution in [0.15, 0.2) is 65.6 Å². The fourth-order valence-electron chi connectivity index (χ4n) is 2.61. The van der Waals surface area contributed by atoms with Gasteiger partial charge in [-0.15, -0.1) is 11.8 Å². The summed E-state index contributed by atoms with van der Waals surface area (Å²) in [5.74, 6) is -0.430. The summed E-state index contributed by atoms with van der Waals surface area (Å²) >= 11 is 1.30. The normalized spacial score (nSPS) is 20.4. The van der Waals surface area contributed by atoms with Gasteiger partial charge in [0.2, 0.25) is 0 Å². The van der Waals surface area contributed by atoms with Gasteiger partial charge < -0.3 is 14.2 Å². The van der Waals surface area contributed by atoms with Crippen LogP contribution in [0.5, 0.6) is 0 Å². The minimum absolute atomic E-state index is 0.252. The quantitative estimate of drug-likeness (QED) is 0.575. The summed E-state index contributed by atoms with van der Waals surface area (Å²) in [7, 11) is 0. The molecule has 5 nitrogen and oxygen atoms in total. The van der Waals surface area contributed by atoms with Crippen molar-refractivity contribution in [2.24, 2.45) is 0 Å². The Hall–Kier alpha value is -2.47. The maximum Gasteiger partial charge on any atom is 0.509 e. The Balaban J connectivity index is 1.90. The molecule has 0 unspecified atom stereocenters. The molecule has 2 aromatic carbocycles. The highest BCUT2D eigenvalue weighted by molar-refractivity contribution is 8.00. The Morgan fingerprint density at radius 1 is 1.08 bits per heavy atom. The molecule has 1 saturated heterocycles. The van der Waals surface area contributed by atoms with Crippen molar-refractivity contribution in [2.45, 2.75) is 29.3 Å². The molecule has 0 amide bonds. The van der Waals surface area contributed by atoms with Gasteiger partial charge in [-0.05, 0) is 24.6 Å². The van der Waals surface area contributed by atoms with Crippen molar-refractivity contribution in [3.8, 4) is 0 Å². The van der Waals surface area contributed by atoms with Gasteiger partial charge in [0.05, 0.1) is 6.61 Å². The van der Waals surface area contributed by atoms with Crippen molar-refractivity contribution in [1.29, 1.82) is 0 Å². The molecule has 0 bridgehead atoms. The standard InChI is InChI=1S/C19H18O5S/c1-2-22-18(20)17(25-14-11-7-4-8-12-14)16-15(23-19(21)24-16)13-9-5-3-6-10-13/h3-12,15-17H,2H2,1H3/t15-,16-,17-/m0/s1. The zero-order valence-corrected chi connectivity index (χ0v) is 14.5. The third-order valence-corrected chi connectivity index (χ3v) is 4.96. The van der Waals surface area contributed by atoms with Crippen LogP contribution in [-0.4, -0.2) is 30.1 Å². The van der Waals surface area contributed by atoms with Crippen molar-refractivity contribution < 1.29 is 23.8 Å². The molecule has 130 valence electrons. The lowest BCUT2D eigenvalue weighted by molar-refractivity contribution is -0.144. The van der Waals surface area contributed by atoms with E-state index in [0.29, 0.717) is 0 Å².